The molecule has 2 rings (SSSR count). The molecule has 0 amide bonds. The zero-order chi connectivity index (χ0) is 12.7. The molecule has 0 radical (unpaired) electrons. The number of rotatable bonds is 1. The molecule has 1 heterocycles. The molecule has 0 spiro atoms. The first-order valence-electron chi connectivity index (χ1n) is 5.49. The van der Waals surface area contributed by atoms with E-state index in [4.69, 9.17) is 0 Å². The fourth-order valence-electron chi connectivity index (χ4n) is 2.54. The average molecular weight is 308 g/mol. The number of hydrogen-bond donors (Lipinski definition) is 0. The highest BCUT2D eigenvalue weighted by Gasteiger charge is 2.42. The Hall–Kier alpha value is -0.580. The van der Waals surface area contributed by atoms with Crippen LogP contribution < -0.4 is 0 Å². The molecule has 1 saturated carbocycles. The van der Waals surface area contributed by atoms with Crippen molar-refractivity contribution < 1.29 is 13.2 Å². The molecule has 1 aliphatic rings. The van der Waals surface area contributed by atoms with Gasteiger partial charge in [0, 0.05) is 17.2 Å². The second kappa shape index (κ2) is 4.26. The molecule has 1 aliphatic carbocycles. The van der Waals surface area contributed by atoms with Crippen molar-refractivity contribution in [2.45, 2.75) is 42.6 Å². The maximum atomic E-state index is 12.9. The van der Waals surface area contributed by atoms with Crippen molar-refractivity contribution in [1.29, 1.82) is 0 Å². The van der Waals surface area contributed by atoms with Crippen molar-refractivity contribution in [2.24, 2.45) is 0 Å². The van der Waals surface area contributed by atoms with E-state index in [0.717, 1.165) is 25.3 Å². The number of halogens is 4. The number of alkyl halides is 4. The maximum Gasteiger partial charge on any atom is 0.416 e. The topological polar surface area (TPSA) is 12.9 Å². The SMILES string of the molecule is CC1(c2cnccc2C(F)(F)F)CCC(Br)C1. The van der Waals surface area contributed by atoms with E-state index < -0.39 is 17.2 Å². The van der Waals surface area contributed by atoms with E-state index in [-0.39, 0.29) is 0 Å². The van der Waals surface area contributed by atoms with Gasteiger partial charge < -0.3 is 0 Å². The molecule has 0 saturated heterocycles. The Labute approximate surface area is 107 Å². The van der Waals surface area contributed by atoms with Gasteiger partial charge >= 0.3 is 6.18 Å². The van der Waals surface area contributed by atoms with E-state index >= 15 is 0 Å². The largest absolute Gasteiger partial charge is 0.416 e. The lowest BCUT2D eigenvalue weighted by molar-refractivity contribution is -0.138. The molecule has 0 aromatic carbocycles. The van der Waals surface area contributed by atoms with Crippen LogP contribution in [0.5, 0.6) is 0 Å². The van der Waals surface area contributed by atoms with Crippen molar-refractivity contribution in [3.8, 4) is 0 Å². The zero-order valence-corrected chi connectivity index (χ0v) is 11.0. The fourth-order valence-corrected chi connectivity index (χ4v) is 3.48. The van der Waals surface area contributed by atoms with Crippen molar-refractivity contribution in [3.05, 3.63) is 29.6 Å². The lowest BCUT2D eigenvalue weighted by atomic mass is 9.79. The lowest BCUT2D eigenvalue weighted by Crippen LogP contribution is -2.23. The molecule has 1 nitrogen and oxygen atoms in total. The first kappa shape index (κ1) is 12.9. The summed E-state index contributed by atoms with van der Waals surface area (Å²) in [6, 6.07) is 1.07. The van der Waals surface area contributed by atoms with E-state index in [2.05, 4.69) is 20.9 Å². The van der Waals surface area contributed by atoms with Gasteiger partial charge in [-0.15, -0.1) is 0 Å². The zero-order valence-electron chi connectivity index (χ0n) is 9.39. The Balaban J connectivity index is 2.46. The minimum Gasteiger partial charge on any atom is -0.264 e. The number of aromatic nitrogens is 1. The highest BCUT2D eigenvalue weighted by Crippen LogP contribution is 2.47. The van der Waals surface area contributed by atoms with E-state index in [1.165, 1.54) is 12.4 Å². The van der Waals surface area contributed by atoms with Gasteiger partial charge in [0.15, 0.2) is 0 Å². The van der Waals surface area contributed by atoms with Gasteiger partial charge in [0.1, 0.15) is 0 Å². The summed E-state index contributed by atoms with van der Waals surface area (Å²) in [6.45, 7) is 1.89. The summed E-state index contributed by atoms with van der Waals surface area (Å²) >= 11 is 3.48. The third kappa shape index (κ3) is 2.49. The molecule has 0 N–H and O–H groups in total. The highest BCUT2D eigenvalue weighted by molar-refractivity contribution is 9.09. The van der Waals surface area contributed by atoms with E-state index in [0.29, 0.717) is 10.4 Å². The van der Waals surface area contributed by atoms with Gasteiger partial charge in [-0.25, -0.2) is 0 Å². The minimum atomic E-state index is -4.30. The van der Waals surface area contributed by atoms with Crippen LogP contribution in [0.25, 0.3) is 0 Å². The van der Waals surface area contributed by atoms with Crippen LogP contribution in [0.2, 0.25) is 0 Å². The predicted octanol–water partition coefficient (Wildman–Crippen LogP) is 4.31. The highest BCUT2D eigenvalue weighted by atomic mass is 79.9. The molecular formula is C12H13BrF3N. The monoisotopic (exact) mass is 307 g/mol. The molecule has 0 bridgehead atoms. The van der Waals surface area contributed by atoms with Gasteiger partial charge in [0.05, 0.1) is 5.56 Å². The second-order valence-electron chi connectivity index (χ2n) is 4.82. The number of hydrogen-bond acceptors (Lipinski definition) is 1. The predicted molar refractivity (Wildman–Crippen MR) is 63.2 cm³/mol. The smallest absolute Gasteiger partial charge is 0.264 e. The van der Waals surface area contributed by atoms with Crippen LogP contribution in [0.15, 0.2) is 18.5 Å². The third-order valence-corrected chi connectivity index (χ3v) is 4.24. The van der Waals surface area contributed by atoms with Crippen LogP contribution in [0.1, 0.15) is 37.3 Å². The van der Waals surface area contributed by atoms with Gasteiger partial charge in [-0.3, -0.25) is 4.98 Å². The maximum absolute atomic E-state index is 12.9. The van der Waals surface area contributed by atoms with Gasteiger partial charge in [0.25, 0.3) is 0 Å². The summed E-state index contributed by atoms with van der Waals surface area (Å²) in [7, 11) is 0. The number of nitrogens with zero attached hydrogens (tertiary/aromatic N) is 1. The molecule has 2 atom stereocenters. The van der Waals surface area contributed by atoms with Gasteiger partial charge in [0.2, 0.25) is 0 Å². The van der Waals surface area contributed by atoms with Crippen LogP contribution in [-0.2, 0) is 11.6 Å². The standard InChI is InChI=1S/C12H13BrF3N/c1-11(4-2-8(13)6-11)10-7-17-5-3-9(10)12(14,15)16/h3,5,7-8H,2,4,6H2,1H3. The summed E-state index contributed by atoms with van der Waals surface area (Å²) in [5, 5.41) is 0. The van der Waals surface area contributed by atoms with Crippen molar-refractivity contribution in [1.82, 2.24) is 4.98 Å². The number of pyridine rings is 1. The minimum absolute atomic E-state index is 0.300. The molecule has 1 fully saturated rings. The van der Waals surface area contributed by atoms with Crippen LogP contribution in [0, 0.1) is 0 Å². The quantitative estimate of drug-likeness (QED) is 0.705. The molecule has 5 heteroatoms. The van der Waals surface area contributed by atoms with Crippen LogP contribution in [-0.4, -0.2) is 9.81 Å². The fraction of sp³-hybridized carbons (Fsp3) is 0.583. The van der Waals surface area contributed by atoms with Gasteiger partial charge in [-0.1, -0.05) is 22.9 Å². The van der Waals surface area contributed by atoms with Crippen LogP contribution in [0.3, 0.4) is 0 Å². The van der Waals surface area contributed by atoms with Crippen molar-refractivity contribution in [3.63, 3.8) is 0 Å². The summed E-state index contributed by atoms with van der Waals surface area (Å²) in [5.41, 5.74) is -0.640. The Morgan fingerprint density at radius 3 is 2.71 bits per heavy atom. The second-order valence-corrected chi connectivity index (χ2v) is 6.11. The molecule has 2 unspecified atom stereocenters. The lowest BCUT2D eigenvalue weighted by Gasteiger charge is -2.27. The first-order chi connectivity index (χ1) is 7.83. The van der Waals surface area contributed by atoms with Crippen LogP contribution >= 0.6 is 15.9 Å². The van der Waals surface area contributed by atoms with Gasteiger partial charge in [-0.2, -0.15) is 13.2 Å². The Morgan fingerprint density at radius 1 is 1.47 bits per heavy atom. The summed E-state index contributed by atoms with van der Waals surface area (Å²) in [4.78, 5) is 4.16. The molecule has 17 heavy (non-hydrogen) atoms. The molecular weight excluding hydrogens is 295 g/mol. The third-order valence-electron chi connectivity index (χ3n) is 3.46. The summed E-state index contributed by atoms with van der Waals surface area (Å²) < 4.78 is 38.8. The van der Waals surface area contributed by atoms with Crippen molar-refractivity contribution in [2.75, 3.05) is 0 Å². The first-order valence-corrected chi connectivity index (χ1v) is 6.40. The molecule has 1 aromatic rings. The van der Waals surface area contributed by atoms with Crippen LogP contribution in [0.4, 0.5) is 13.2 Å². The molecule has 94 valence electrons. The average Bonchev–Trinajstić information content (AvgIpc) is 2.59. The normalized spacial score (nSPS) is 29.6. The molecule has 0 aliphatic heterocycles. The van der Waals surface area contributed by atoms with E-state index in [1.807, 2.05) is 6.92 Å². The van der Waals surface area contributed by atoms with Gasteiger partial charge in [-0.05, 0) is 36.3 Å². The molecule has 1 aromatic heterocycles. The summed E-state index contributed by atoms with van der Waals surface area (Å²) in [5.74, 6) is 0. The summed E-state index contributed by atoms with van der Waals surface area (Å²) in [6.07, 6.45) is 0.665. The Kier molecular flexibility index (Phi) is 3.23. The van der Waals surface area contributed by atoms with E-state index in [9.17, 15) is 13.2 Å². The Morgan fingerprint density at radius 2 is 2.18 bits per heavy atom. The Bertz CT molecular complexity index is 418. The van der Waals surface area contributed by atoms with E-state index in [1.54, 1.807) is 0 Å². The van der Waals surface area contributed by atoms with Crippen molar-refractivity contribution >= 4 is 15.9 Å².